The monoisotopic (exact) mass is 316 g/mol. The van der Waals surface area contributed by atoms with Crippen LogP contribution in [0.3, 0.4) is 0 Å². The van der Waals surface area contributed by atoms with Crippen LogP contribution in [-0.4, -0.2) is 25.0 Å². The molecule has 23 heavy (non-hydrogen) atoms. The summed E-state index contributed by atoms with van der Waals surface area (Å²) < 4.78 is 0. The molecule has 0 aromatic heterocycles. The highest BCUT2D eigenvalue weighted by Gasteiger charge is 2.26. The minimum Gasteiger partial charge on any atom is -0.347 e. The Morgan fingerprint density at radius 2 is 2.17 bits per heavy atom. The Labute approximate surface area is 141 Å². The van der Waals surface area contributed by atoms with Crippen molar-refractivity contribution >= 4 is 0 Å². The van der Waals surface area contributed by atoms with Crippen molar-refractivity contribution in [1.29, 1.82) is 0 Å². The molecule has 0 radical (unpaired) electrons. The zero-order chi connectivity index (χ0) is 17.6. The van der Waals surface area contributed by atoms with E-state index in [1.807, 2.05) is 20.2 Å². The summed E-state index contributed by atoms with van der Waals surface area (Å²) in [5.74, 6) is 0. The Hall–Kier alpha value is -1.78. The van der Waals surface area contributed by atoms with Gasteiger partial charge < -0.3 is 16.1 Å². The third kappa shape index (κ3) is 4.85. The molecule has 2 unspecified atom stereocenters. The van der Waals surface area contributed by atoms with Crippen LogP contribution in [0.2, 0.25) is 0 Å². The van der Waals surface area contributed by atoms with E-state index in [4.69, 9.17) is 5.73 Å². The summed E-state index contributed by atoms with van der Waals surface area (Å²) in [6, 6.07) is -0.0993. The molecule has 0 bridgehead atoms. The SMILES string of the molecule is C=CC1(C)CC=C(N(C)C(=C)C(N)CCC(=C)NNC)C=C1C. The molecule has 0 fully saturated rings. The third-order valence-corrected chi connectivity index (χ3v) is 4.76. The maximum atomic E-state index is 6.29. The maximum Gasteiger partial charge on any atom is 0.0447 e. The van der Waals surface area contributed by atoms with Gasteiger partial charge in [-0.1, -0.05) is 37.8 Å². The van der Waals surface area contributed by atoms with Crippen LogP contribution in [0.1, 0.15) is 33.1 Å². The highest BCUT2D eigenvalue weighted by Crippen LogP contribution is 2.38. The molecular weight excluding hydrogens is 284 g/mol. The summed E-state index contributed by atoms with van der Waals surface area (Å²) in [5.41, 5.74) is 16.5. The van der Waals surface area contributed by atoms with Crippen LogP contribution in [0.5, 0.6) is 0 Å². The van der Waals surface area contributed by atoms with E-state index >= 15 is 0 Å². The van der Waals surface area contributed by atoms with Gasteiger partial charge in [0.15, 0.2) is 0 Å². The molecule has 0 aromatic rings. The van der Waals surface area contributed by atoms with Crippen LogP contribution >= 0.6 is 0 Å². The summed E-state index contributed by atoms with van der Waals surface area (Å²) in [6.07, 6.45) is 9.00. The second kappa shape index (κ2) is 8.18. The lowest BCUT2D eigenvalue weighted by Gasteiger charge is -2.34. The van der Waals surface area contributed by atoms with Crippen molar-refractivity contribution < 1.29 is 0 Å². The van der Waals surface area contributed by atoms with Crippen molar-refractivity contribution in [1.82, 2.24) is 15.8 Å². The van der Waals surface area contributed by atoms with Crippen molar-refractivity contribution in [2.45, 2.75) is 39.2 Å². The number of hydrogen-bond donors (Lipinski definition) is 3. The number of hydrazine groups is 1. The Bertz CT molecular complexity index is 529. The molecule has 0 heterocycles. The van der Waals surface area contributed by atoms with Gasteiger partial charge in [0, 0.05) is 42.6 Å². The van der Waals surface area contributed by atoms with E-state index in [0.29, 0.717) is 0 Å². The summed E-state index contributed by atoms with van der Waals surface area (Å²) in [7, 11) is 3.84. The average molecular weight is 316 g/mol. The predicted octanol–water partition coefficient (Wildman–Crippen LogP) is 3.20. The quantitative estimate of drug-likeness (QED) is 0.452. The summed E-state index contributed by atoms with van der Waals surface area (Å²) in [4.78, 5) is 2.09. The molecule has 0 aromatic carbocycles. The first kappa shape index (κ1) is 19.3. The van der Waals surface area contributed by atoms with Gasteiger partial charge >= 0.3 is 0 Å². The van der Waals surface area contributed by atoms with Gasteiger partial charge in [0.2, 0.25) is 0 Å². The number of hydrogen-bond acceptors (Lipinski definition) is 4. The number of rotatable bonds is 9. The fourth-order valence-corrected chi connectivity index (χ4v) is 2.55. The lowest BCUT2D eigenvalue weighted by atomic mass is 9.76. The topological polar surface area (TPSA) is 53.3 Å². The number of likely N-dealkylation sites (N-methyl/N-ethyl adjacent to an activating group) is 1. The Morgan fingerprint density at radius 3 is 2.70 bits per heavy atom. The smallest absolute Gasteiger partial charge is 0.0447 e. The van der Waals surface area contributed by atoms with E-state index in [2.05, 4.69) is 61.5 Å². The van der Waals surface area contributed by atoms with Crippen LogP contribution in [0.25, 0.3) is 0 Å². The molecule has 0 saturated heterocycles. The predicted molar refractivity (Wildman–Crippen MR) is 100 cm³/mol. The molecular formula is C19H32N4. The highest BCUT2D eigenvalue weighted by atomic mass is 15.3. The summed E-state index contributed by atoms with van der Waals surface area (Å²) in [5, 5.41) is 0. The fraction of sp³-hybridized carbons (Fsp3) is 0.474. The number of allylic oxidation sites excluding steroid dienone is 5. The first-order chi connectivity index (χ1) is 10.7. The third-order valence-electron chi connectivity index (χ3n) is 4.76. The minimum atomic E-state index is -0.0993. The lowest BCUT2D eigenvalue weighted by Crippen LogP contribution is -2.34. The van der Waals surface area contributed by atoms with E-state index in [1.54, 1.807) is 0 Å². The first-order valence-electron chi connectivity index (χ1n) is 8.06. The van der Waals surface area contributed by atoms with Gasteiger partial charge in [0.25, 0.3) is 0 Å². The number of nitrogens with two attached hydrogens (primary N) is 1. The first-order valence-corrected chi connectivity index (χ1v) is 8.06. The van der Waals surface area contributed by atoms with Crippen LogP contribution < -0.4 is 16.6 Å². The molecule has 0 spiro atoms. The van der Waals surface area contributed by atoms with Crippen LogP contribution in [0.15, 0.2) is 60.6 Å². The molecule has 128 valence electrons. The molecule has 0 saturated carbocycles. The van der Waals surface area contributed by atoms with Crippen molar-refractivity contribution in [3.05, 3.63) is 60.6 Å². The number of nitrogens with zero attached hydrogens (tertiary/aromatic N) is 1. The molecule has 1 aliphatic carbocycles. The Kier molecular flexibility index (Phi) is 6.85. The average Bonchev–Trinajstić information content (AvgIpc) is 2.54. The second-order valence-electron chi connectivity index (χ2n) is 6.46. The molecule has 1 rings (SSSR count). The highest BCUT2D eigenvalue weighted by molar-refractivity contribution is 5.36. The second-order valence-corrected chi connectivity index (χ2v) is 6.46. The van der Waals surface area contributed by atoms with Gasteiger partial charge in [-0.15, -0.1) is 6.58 Å². The molecule has 0 amide bonds. The van der Waals surface area contributed by atoms with Crippen LogP contribution in [-0.2, 0) is 0 Å². The van der Waals surface area contributed by atoms with Crippen molar-refractivity contribution in [2.75, 3.05) is 14.1 Å². The summed E-state index contributed by atoms with van der Waals surface area (Å²) >= 11 is 0. The molecule has 1 aliphatic rings. The van der Waals surface area contributed by atoms with Crippen molar-refractivity contribution in [3.63, 3.8) is 0 Å². The standard InChI is InChI=1S/C19H32N4/c1-8-19(5)12-11-17(13-14(19)2)23(7)16(4)18(20)10-9-15(3)22-21-6/h8,11,13,18,21-22H,1,3-4,9-10,12,20H2,2,5-7H3. The van der Waals surface area contributed by atoms with Gasteiger partial charge in [0.1, 0.15) is 0 Å². The molecule has 4 N–H and O–H groups in total. The van der Waals surface area contributed by atoms with Gasteiger partial charge in [-0.25, -0.2) is 5.43 Å². The van der Waals surface area contributed by atoms with Gasteiger partial charge in [0.05, 0.1) is 0 Å². The van der Waals surface area contributed by atoms with E-state index in [-0.39, 0.29) is 11.5 Å². The molecule has 2 atom stereocenters. The fourth-order valence-electron chi connectivity index (χ4n) is 2.55. The normalized spacial score (nSPS) is 21.8. The number of nitrogens with one attached hydrogen (secondary N) is 2. The Balaban J connectivity index is 2.67. The van der Waals surface area contributed by atoms with E-state index in [1.165, 1.54) is 5.57 Å². The summed E-state index contributed by atoms with van der Waals surface area (Å²) in [6.45, 7) is 16.4. The van der Waals surface area contributed by atoms with E-state index in [0.717, 1.165) is 36.4 Å². The van der Waals surface area contributed by atoms with Crippen LogP contribution in [0, 0.1) is 5.41 Å². The molecule has 0 aliphatic heterocycles. The lowest BCUT2D eigenvalue weighted by molar-refractivity contribution is 0.443. The zero-order valence-electron chi connectivity index (χ0n) is 15.1. The van der Waals surface area contributed by atoms with Crippen molar-refractivity contribution in [2.24, 2.45) is 11.1 Å². The largest absolute Gasteiger partial charge is 0.347 e. The van der Waals surface area contributed by atoms with E-state index < -0.39 is 0 Å². The minimum absolute atomic E-state index is 0.0460. The maximum absolute atomic E-state index is 6.29. The van der Waals surface area contributed by atoms with Gasteiger partial charge in [-0.3, -0.25) is 0 Å². The molecule has 4 heteroatoms. The van der Waals surface area contributed by atoms with Gasteiger partial charge in [-0.2, -0.15) is 0 Å². The Morgan fingerprint density at radius 1 is 1.52 bits per heavy atom. The van der Waals surface area contributed by atoms with Crippen LogP contribution in [0.4, 0.5) is 0 Å². The van der Waals surface area contributed by atoms with Crippen molar-refractivity contribution in [3.8, 4) is 0 Å². The zero-order valence-corrected chi connectivity index (χ0v) is 15.1. The molecule has 4 nitrogen and oxygen atoms in total. The van der Waals surface area contributed by atoms with Gasteiger partial charge in [-0.05, 0) is 32.3 Å². The van der Waals surface area contributed by atoms with E-state index in [9.17, 15) is 0 Å².